The van der Waals surface area contributed by atoms with Gasteiger partial charge in [-0.05, 0) is 12.1 Å². The number of carbonyl (C=O) groups excluding carboxylic acids is 2. The molecule has 0 aromatic heterocycles. The maximum absolute atomic E-state index is 13.3. The van der Waals surface area contributed by atoms with Crippen LogP contribution in [0.5, 0.6) is 11.5 Å². The van der Waals surface area contributed by atoms with Gasteiger partial charge in [0.25, 0.3) is 5.91 Å². The molecule has 1 aromatic rings. The lowest BCUT2D eigenvalue weighted by Gasteiger charge is -2.30. The molecular weight excluding hydrogens is 325 g/mol. The Bertz CT molecular complexity index is 612. The summed E-state index contributed by atoms with van der Waals surface area (Å²) in [5.74, 6) is -5.06. The number of thioether (sulfide) groups is 1. The predicted molar refractivity (Wildman–Crippen MR) is 69.0 cm³/mol. The van der Waals surface area contributed by atoms with Gasteiger partial charge >= 0.3 is 12.1 Å². The van der Waals surface area contributed by atoms with E-state index in [1.54, 1.807) is 5.32 Å². The molecular formula is C12H9F3N2O4S. The Morgan fingerprint density at radius 1 is 1.32 bits per heavy atom. The molecule has 6 nitrogen and oxygen atoms in total. The van der Waals surface area contributed by atoms with Crippen LogP contribution >= 0.6 is 11.8 Å². The van der Waals surface area contributed by atoms with Crippen molar-refractivity contribution in [2.75, 3.05) is 5.75 Å². The van der Waals surface area contributed by atoms with Gasteiger partial charge in [-0.2, -0.15) is 13.2 Å². The van der Waals surface area contributed by atoms with E-state index in [1.165, 1.54) is 24.3 Å². The fraction of sp³-hybridized carbons (Fsp3) is 0.333. The zero-order valence-electron chi connectivity index (χ0n) is 10.8. The van der Waals surface area contributed by atoms with Crippen LogP contribution in [0, 0.1) is 0 Å². The van der Waals surface area contributed by atoms with E-state index in [0.29, 0.717) is 0 Å². The Morgan fingerprint density at radius 2 is 1.91 bits per heavy atom. The van der Waals surface area contributed by atoms with Crippen LogP contribution in [0.3, 0.4) is 0 Å². The highest BCUT2D eigenvalue weighted by atomic mass is 32.2. The minimum atomic E-state index is -5.02. The van der Waals surface area contributed by atoms with Gasteiger partial charge in [0.2, 0.25) is 5.91 Å². The molecule has 0 spiro atoms. The maximum atomic E-state index is 13.3. The van der Waals surface area contributed by atoms with Crippen LogP contribution in [-0.4, -0.2) is 35.0 Å². The molecule has 0 aliphatic carbocycles. The van der Waals surface area contributed by atoms with Gasteiger partial charge in [0.15, 0.2) is 16.9 Å². The Balaban J connectivity index is 1.84. The topological polar surface area (TPSA) is 76.7 Å². The highest BCUT2D eigenvalue weighted by Crippen LogP contribution is 2.45. The molecule has 0 bridgehead atoms. The molecule has 2 N–H and O–H groups in total. The molecule has 2 aliphatic heterocycles. The quantitative estimate of drug-likeness (QED) is 0.843. The van der Waals surface area contributed by atoms with Crippen LogP contribution in [0.15, 0.2) is 24.3 Å². The van der Waals surface area contributed by atoms with Gasteiger partial charge in [-0.1, -0.05) is 12.1 Å². The summed E-state index contributed by atoms with van der Waals surface area (Å²) in [7, 11) is 0. The standard InChI is InChI=1S/C12H9F3N2O4S/c13-11(14,15)12(17-9(19)10-16-8(18)5-22-10)20-6-3-1-2-4-7(6)21-12/h1-4,10H,5H2,(H,16,18)(H,17,19)/t10-/m1/s1. The smallest absolute Gasteiger partial charge is 0.424 e. The zero-order chi connectivity index (χ0) is 16.0. The lowest BCUT2D eigenvalue weighted by atomic mass is 10.3. The van der Waals surface area contributed by atoms with Crippen molar-refractivity contribution >= 4 is 23.6 Å². The van der Waals surface area contributed by atoms with Crippen molar-refractivity contribution in [3.8, 4) is 11.5 Å². The van der Waals surface area contributed by atoms with E-state index in [9.17, 15) is 22.8 Å². The summed E-state index contributed by atoms with van der Waals surface area (Å²) in [6.07, 6.45) is -5.02. The number of halogens is 3. The third-order valence-corrected chi connectivity index (χ3v) is 4.02. The molecule has 118 valence electrons. The summed E-state index contributed by atoms with van der Waals surface area (Å²) in [5, 5.41) is 2.83. The normalized spacial score (nSPS) is 22.3. The number of hydrogen-bond acceptors (Lipinski definition) is 5. The van der Waals surface area contributed by atoms with Crippen molar-refractivity contribution in [1.82, 2.24) is 10.6 Å². The molecule has 1 atom stereocenters. The highest BCUT2D eigenvalue weighted by Gasteiger charge is 2.66. The molecule has 10 heteroatoms. The fourth-order valence-corrected chi connectivity index (χ4v) is 2.77. The van der Waals surface area contributed by atoms with Crippen molar-refractivity contribution in [2.24, 2.45) is 0 Å². The number of ether oxygens (including phenoxy) is 2. The molecule has 22 heavy (non-hydrogen) atoms. The van der Waals surface area contributed by atoms with Crippen molar-refractivity contribution in [1.29, 1.82) is 0 Å². The first-order chi connectivity index (χ1) is 10.3. The van der Waals surface area contributed by atoms with Gasteiger partial charge < -0.3 is 14.8 Å². The second-order valence-electron chi connectivity index (χ2n) is 4.51. The van der Waals surface area contributed by atoms with Crippen molar-refractivity contribution in [3.63, 3.8) is 0 Å². The van der Waals surface area contributed by atoms with Gasteiger partial charge in [0.1, 0.15) is 0 Å². The summed E-state index contributed by atoms with van der Waals surface area (Å²) in [6, 6.07) is 5.54. The largest absolute Gasteiger partial charge is 0.492 e. The SMILES string of the molecule is O=C1CS[C@H](C(=O)NC2(C(F)(F)F)Oc3ccccc3O2)N1. The van der Waals surface area contributed by atoms with Crippen LogP contribution < -0.4 is 20.1 Å². The Morgan fingerprint density at radius 3 is 2.36 bits per heavy atom. The Hall–Kier alpha value is -2.10. The van der Waals surface area contributed by atoms with Gasteiger partial charge in [-0.3, -0.25) is 14.9 Å². The van der Waals surface area contributed by atoms with Crippen LogP contribution in [0.4, 0.5) is 13.2 Å². The molecule has 2 amide bonds. The third kappa shape index (κ3) is 2.43. The van der Waals surface area contributed by atoms with Crippen molar-refractivity contribution in [3.05, 3.63) is 24.3 Å². The number of para-hydroxylation sites is 2. The number of nitrogens with one attached hydrogen (secondary N) is 2. The predicted octanol–water partition coefficient (Wildman–Crippen LogP) is 0.979. The summed E-state index contributed by atoms with van der Waals surface area (Å²) in [5.41, 5.74) is 0. The lowest BCUT2D eigenvalue weighted by molar-refractivity contribution is -0.319. The van der Waals surface area contributed by atoms with Crippen LogP contribution in [0.1, 0.15) is 0 Å². The summed E-state index contributed by atoms with van der Waals surface area (Å²) >= 11 is 0.884. The summed E-state index contributed by atoms with van der Waals surface area (Å²) < 4.78 is 49.7. The first-order valence-corrected chi connectivity index (χ1v) is 7.12. The van der Waals surface area contributed by atoms with Gasteiger partial charge in [0.05, 0.1) is 5.75 Å². The second-order valence-corrected chi connectivity index (χ2v) is 5.61. The molecule has 0 unspecified atom stereocenters. The molecule has 1 saturated heterocycles. The Kier molecular flexibility index (Phi) is 3.35. The molecule has 1 fully saturated rings. The maximum Gasteiger partial charge on any atom is 0.492 e. The lowest BCUT2D eigenvalue weighted by Crippen LogP contribution is -2.66. The minimum absolute atomic E-state index is 0.000948. The first-order valence-electron chi connectivity index (χ1n) is 6.07. The van der Waals surface area contributed by atoms with E-state index in [-0.39, 0.29) is 17.3 Å². The van der Waals surface area contributed by atoms with Crippen molar-refractivity contribution < 1.29 is 32.2 Å². The molecule has 1 aromatic carbocycles. The average molecular weight is 334 g/mol. The van der Waals surface area contributed by atoms with E-state index in [4.69, 9.17) is 9.47 Å². The Labute approximate surface area is 126 Å². The monoisotopic (exact) mass is 334 g/mol. The first kappa shape index (κ1) is 14.8. The molecule has 0 saturated carbocycles. The number of amides is 2. The highest BCUT2D eigenvalue weighted by molar-refractivity contribution is 8.01. The molecule has 2 heterocycles. The van der Waals surface area contributed by atoms with Crippen molar-refractivity contribution in [2.45, 2.75) is 17.5 Å². The van der Waals surface area contributed by atoms with E-state index >= 15 is 0 Å². The zero-order valence-corrected chi connectivity index (χ0v) is 11.6. The number of hydrogen-bond donors (Lipinski definition) is 2. The average Bonchev–Trinajstić information content (AvgIpc) is 3.01. The van der Waals surface area contributed by atoms with Gasteiger partial charge in [0, 0.05) is 0 Å². The van der Waals surface area contributed by atoms with Gasteiger partial charge in [-0.15, -0.1) is 11.8 Å². The molecule has 0 radical (unpaired) electrons. The van der Waals surface area contributed by atoms with E-state index in [2.05, 4.69) is 5.32 Å². The van der Waals surface area contributed by atoms with Crippen LogP contribution in [-0.2, 0) is 9.59 Å². The number of fused-ring (bicyclic) bond motifs is 1. The second kappa shape index (κ2) is 4.97. The van der Waals surface area contributed by atoms with Gasteiger partial charge in [-0.25, -0.2) is 0 Å². The molecule has 3 rings (SSSR count). The minimum Gasteiger partial charge on any atom is -0.424 e. The summed E-state index contributed by atoms with van der Waals surface area (Å²) in [6.45, 7) is 0. The number of alkyl halides is 3. The fourth-order valence-electron chi connectivity index (χ4n) is 1.94. The van der Waals surface area contributed by atoms with E-state index in [1.807, 2.05) is 0 Å². The van der Waals surface area contributed by atoms with Crippen LogP contribution in [0.2, 0.25) is 0 Å². The number of carbonyl (C=O) groups is 2. The number of benzene rings is 1. The van der Waals surface area contributed by atoms with Crippen LogP contribution in [0.25, 0.3) is 0 Å². The summed E-state index contributed by atoms with van der Waals surface area (Å²) in [4.78, 5) is 23.0. The third-order valence-electron chi connectivity index (χ3n) is 2.93. The molecule has 2 aliphatic rings. The number of rotatable bonds is 2. The van der Waals surface area contributed by atoms with E-state index < -0.39 is 29.3 Å². The van der Waals surface area contributed by atoms with E-state index in [0.717, 1.165) is 11.8 Å².